The van der Waals surface area contributed by atoms with Gasteiger partial charge in [0.2, 0.25) is 0 Å². The molecule has 0 saturated heterocycles. The Balaban J connectivity index is 1.72. The van der Waals surface area contributed by atoms with Crippen LogP contribution in [0.4, 0.5) is 5.69 Å². The molecule has 0 bridgehead atoms. The van der Waals surface area contributed by atoms with Crippen LogP contribution in [0.3, 0.4) is 0 Å². The number of anilines is 1. The Morgan fingerprint density at radius 1 is 1.00 bits per heavy atom. The molecule has 1 N–H and O–H groups in total. The summed E-state index contributed by atoms with van der Waals surface area (Å²) < 4.78 is 40.7. The van der Waals surface area contributed by atoms with E-state index in [1.807, 2.05) is 36.4 Å². The number of hydrazone groups is 1. The molecule has 0 aliphatic carbocycles. The van der Waals surface area contributed by atoms with Gasteiger partial charge in [0.1, 0.15) is 23.4 Å². The van der Waals surface area contributed by atoms with E-state index in [-0.39, 0.29) is 11.0 Å². The lowest BCUT2D eigenvalue weighted by Crippen LogP contribution is -2.22. The average Bonchev–Trinajstić information content (AvgIpc) is 2.81. The van der Waals surface area contributed by atoms with Crippen molar-refractivity contribution in [1.29, 1.82) is 0 Å². The number of nitrogens with one attached hydrogen (secondary N) is 1. The molecule has 1 aliphatic rings. The summed E-state index contributed by atoms with van der Waals surface area (Å²) in [5.41, 5.74) is 6.24. The van der Waals surface area contributed by atoms with Crippen molar-refractivity contribution in [2.45, 2.75) is 17.4 Å². The fourth-order valence-electron chi connectivity index (χ4n) is 3.56. The van der Waals surface area contributed by atoms with Crippen LogP contribution < -0.4 is 19.6 Å². The van der Waals surface area contributed by atoms with E-state index in [0.29, 0.717) is 29.4 Å². The van der Waals surface area contributed by atoms with Crippen LogP contribution in [0, 0.1) is 0 Å². The van der Waals surface area contributed by atoms with Gasteiger partial charge in [-0.1, -0.05) is 30.3 Å². The number of fused-ring (bicyclic) bond motifs is 1. The number of sulfone groups is 1. The largest absolute Gasteiger partial charge is 0.496 e. The zero-order chi connectivity index (χ0) is 22.7. The number of methoxy groups -OCH3 is 2. The second-order valence-electron chi connectivity index (χ2n) is 7.39. The molecule has 8 heteroatoms. The maximum absolute atomic E-state index is 11.7. The molecule has 1 unspecified atom stereocenters. The van der Waals surface area contributed by atoms with Gasteiger partial charge in [0.05, 0.1) is 36.1 Å². The molecule has 0 aromatic heterocycles. The molecule has 1 atom stereocenters. The van der Waals surface area contributed by atoms with Gasteiger partial charge in [0.15, 0.2) is 9.84 Å². The molecular weight excluding hydrogens is 428 g/mol. The third kappa shape index (κ3) is 4.55. The van der Waals surface area contributed by atoms with Crippen LogP contribution in [0.25, 0.3) is 0 Å². The standard InChI is InChI=1S/C24H24N2O5S/c1-29-18-13-22(30-2)24-20(26-25-17-9-11-19(12-10-17)32(3,27)28)15-21(31-23(24)14-18)16-7-5-4-6-8-16/h4-14,21,25H,15H2,1-3H3. The van der Waals surface area contributed by atoms with E-state index in [4.69, 9.17) is 14.2 Å². The predicted octanol–water partition coefficient (Wildman–Crippen LogP) is 4.45. The maximum Gasteiger partial charge on any atom is 0.175 e. The zero-order valence-electron chi connectivity index (χ0n) is 18.0. The Hall–Kier alpha value is -3.52. The normalized spacial score (nSPS) is 16.7. The van der Waals surface area contributed by atoms with E-state index in [9.17, 15) is 8.42 Å². The first-order valence-electron chi connectivity index (χ1n) is 9.99. The van der Waals surface area contributed by atoms with E-state index < -0.39 is 9.84 Å². The lowest BCUT2D eigenvalue weighted by atomic mass is 9.94. The summed E-state index contributed by atoms with van der Waals surface area (Å²) in [7, 11) is -0.0739. The Bertz CT molecular complexity index is 1240. The number of rotatable bonds is 6. The van der Waals surface area contributed by atoms with Crippen molar-refractivity contribution in [3.8, 4) is 17.2 Å². The van der Waals surface area contributed by atoms with Crippen molar-refractivity contribution in [2.75, 3.05) is 25.9 Å². The van der Waals surface area contributed by atoms with Crippen LogP contribution in [-0.4, -0.2) is 34.6 Å². The summed E-state index contributed by atoms with van der Waals surface area (Å²) in [5.74, 6) is 1.84. The van der Waals surface area contributed by atoms with E-state index in [0.717, 1.165) is 16.8 Å². The first kappa shape index (κ1) is 21.7. The smallest absolute Gasteiger partial charge is 0.175 e. The molecule has 0 amide bonds. The third-order valence-corrected chi connectivity index (χ3v) is 6.33. The number of hydrogen-bond donors (Lipinski definition) is 1. The third-order valence-electron chi connectivity index (χ3n) is 5.21. The highest BCUT2D eigenvalue weighted by Crippen LogP contribution is 2.42. The van der Waals surface area contributed by atoms with Crippen molar-refractivity contribution in [3.63, 3.8) is 0 Å². The molecule has 1 aliphatic heterocycles. The second kappa shape index (κ2) is 8.92. The quantitative estimate of drug-likeness (QED) is 0.556. The lowest BCUT2D eigenvalue weighted by molar-refractivity contribution is 0.204. The van der Waals surface area contributed by atoms with Gasteiger partial charge in [0, 0.05) is 24.8 Å². The van der Waals surface area contributed by atoms with E-state index in [1.54, 1.807) is 44.6 Å². The summed E-state index contributed by atoms with van der Waals surface area (Å²) in [6.07, 6.45) is 1.47. The minimum atomic E-state index is -3.26. The summed E-state index contributed by atoms with van der Waals surface area (Å²) >= 11 is 0. The first-order chi connectivity index (χ1) is 15.4. The highest BCUT2D eigenvalue weighted by atomic mass is 32.2. The minimum Gasteiger partial charge on any atom is -0.496 e. The monoisotopic (exact) mass is 452 g/mol. The van der Waals surface area contributed by atoms with Gasteiger partial charge in [-0.05, 0) is 29.8 Å². The van der Waals surface area contributed by atoms with Crippen LogP contribution in [0.15, 0.2) is 76.7 Å². The van der Waals surface area contributed by atoms with Gasteiger partial charge in [0.25, 0.3) is 0 Å². The molecule has 3 aromatic carbocycles. The fourth-order valence-corrected chi connectivity index (χ4v) is 4.19. The van der Waals surface area contributed by atoms with Crippen LogP contribution in [0.1, 0.15) is 23.7 Å². The highest BCUT2D eigenvalue weighted by molar-refractivity contribution is 7.90. The van der Waals surface area contributed by atoms with Crippen molar-refractivity contribution in [2.24, 2.45) is 5.10 Å². The van der Waals surface area contributed by atoms with Crippen LogP contribution in [0.5, 0.6) is 17.2 Å². The molecule has 0 spiro atoms. The summed E-state index contributed by atoms with van der Waals surface area (Å²) in [4.78, 5) is 0.255. The van der Waals surface area contributed by atoms with Gasteiger partial charge < -0.3 is 14.2 Å². The maximum atomic E-state index is 11.7. The van der Waals surface area contributed by atoms with Crippen molar-refractivity contribution in [3.05, 3.63) is 77.9 Å². The SMILES string of the molecule is COc1cc(OC)c2c(c1)OC(c1ccccc1)CC2=NNc1ccc(S(C)(=O)=O)cc1. The number of hydrogen-bond acceptors (Lipinski definition) is 7. The molecular formula is C24H24N2O5S. The molecule has 7 nitrogen and oxygen atoms in total. The molecule has 32 heavy (non-hydrogen) atoms. The second-order valence-corrected chi connectivity index (χ2v) is 9.41. The van der Waals surface area contributed by atoms with Crippen LogP contribution >= 0.6 is 0 Å². The average molecular weight is 453 g/mol. The number of ether oxygens (including phenoxy) is 3. The molecule has 166 valence electrons. The summed E-state index contributed by atoms with van der Waals surface area (Å²) in [5, 5.41) is 4.64. The Kier molecular flexibility index (Phi) is 6.05. The summed E-state index contributed by atoms with van der Waals surface area (Å²) in [6, 6.07) is 20.0. The number of nitrogens with zero attached hydrogens (tertiary/aromatic N) is 1. The zero-order valence-corrected chi connectivity index (χ0v) is 18.8. The van der Waals surface area contributed by atoms with Gasteiger partial charge in [-0.25, -0.2) is 8.42 Å². The first-order valence-corrected chi connectivity index (χ1v) is 11.9. The van der Waals surface area contributed by atoms with Gasteiger partial charge in [-0.15, -0.1) is 0 Å². The Morgan fingerprint density at radius 2 is 1.72 bits per heavy atom. The molecule has 0 fully saturated rings. The van der Waals surface area contributed by atoms with E-state index in [1.165, 1.54) is 6.26 Å². The molecule has 4 rings (SSSR count). The molecule has 0 radical (unpaired) electrons. The van der Waals surface area contributed by atoms with Crippen molar-refractivity contribution < 1.29 is 22.6 Å². The van der Waals surface area contributed by atoms with Gasteiger partial charge >= 0.3 is 0 Å². The number of benzene rings is 3. The predicted molar refractivity (Wildman–Crippen MR) is 124 cm³/mol. The van der Waals surface area contributed by atoms with Crippen molar-refractivity contribution in [1.82, 2.24) is 0 Å². The van der Waals surface area contributed by atoms with E-state index in [2.05, 4.69) is 10.5 Å². The summed E-state index contributed by atoms with van der Waals surface area (Å²) in [6.45, 7) is 0. The molecule has 0 saturated carbocycles. The van der Waals surface area contributed by atoms with E-state index >= 15 is 0 Å². The molecule has 1 heterocycles. The lowest BCUT2D eigenvalue weighted by Gasteiger charge is -2.29. The van der Waals surface area contributed by atoms with Gasteiger partial charge in [-0.2, -0.15) is 5.10 Å². The van der Waals surface area contributed by atoms with Gasteiger partial charge in [-0.3, -0.25) is 5.43 Å². The fraction of sp³-hybridized carbons (Fsp3) is 0.208. The topological polar surface area (TPSA) is 86.2 Å². The minimum absolute atomic E-state index is 0.228. The van der Waals surface area contributed by atoms with Crippen molar-refractivity contribution >= 4 is 21.2 Å². The Labute approximate surface area is 187 Å². The Morgan fingerprint density at radius 3 is 2.34 bits per heavy atom. The van der Waals surface area contributed by atoms with Crippen LogP contribution in [0.2, 0.25) is 0 Å². The molecule has 3 aromatic rings. The van der Waals surface area contributed by atoms with Crippen LogP contribution in [-0.2, 0) is 9.84 Å². The highest BCUT2D eigenvalue weighted by Gasteiger charge is 2.30.